The van der Waals surface area contributed by atoms with Gasteiger partial charge < -0.3 is 5.11 Å². The van der Waals surface area contributed by atoms with Crippen molar-refractivity contribution in [2.24, 2.45) is 11.3 Å². The van der Waals surface area contributed by atoms with Crippen LogP contribution in [0.15, 0.2) is 24.3 Å². The van der Waals surface area contributed by atoms with Gasteiger partial charge in [0.1, 0.15) is 5.82 Å². The summed E-state index contributed by atoms with van der Waals surface area (Å²) < 4.78 is 12.8. The summed E-state index contributed by atoms with van der Waals surface area (Å²) in [6.07, 6.45) is 2.94. The molecule has 1 aromatic rings. The van der Waals surface area contributed by atoms with E-state index in [0.29, 0.717) is 0 Å². The molecule has 0 saturated heterocycles. The molecular weight excluding hydrogens is 203 g/mol. The summed E-state index contributed by atoms with van der Waals surface area (Å²) in [7, 11) is 0. The van der Waals surface area contributed by atoms with Crippen LogP contribution in [0.3, 0.4) is 0 Å². The molecule has 2 atom stereocenters. The highest BCUT2D eigenvalue weighted by Crippen LogP contribution is 2.48. The molecule has 0 aliphatic heterocycles. The quantitative estimate of drug-likeness (QED) is 0.809. The highest BCUT2D eigenvalue weighted by Gasteiger charge is 2.39. The Balaban J connectivity index is 2.18. The summed E-state index contributed by atoms with van der Waals surface area (Å²) in [5.74, 6) is 0.0413. The summed E-state index contributed by atoms with van der Waals surface area (Å²) in [5.41, 5.74) is 1.02. The first-order valence-corrected chi connectivity index (χ1v) is 5.94. The molecule has 2 rings (SSSR count). The van der Waals surface area contributed by atoms with Crippen LogP contribution in [-0.2, 0) is 0 Å². The third-order valence-corrected chi connectivity index (χ3v) is 3.93. The van der Waals surface area contributed by atoms with Crippen molar-refractivity contribution in [1.29, 1.82) is 0 Å². The number of aliphatic hydroxyl groups excluding tert-OH is 1. The summed E-state index contributed by atoms with van der Waals surface area (Å²) in [4.78, 5) is 0. The molecule has 0 bridgehead atoms. The molecule has 0 radical (unpaired) electrons. The lowest BCUT2D eigenvalue weighted by molar-refractivity contribution is 0.0531. The standard InChI is InChI=1S/C14H19FO/c1-14(2)9-3-4-12(14)13(16)10-5-7-11(15)8-6-10/h5-8,12-13,16H,3-4,9H2,1-2H3. The van der Waals surface area contributed by atoms with E-state index in [1.807, 2.05) is 0 Å². The van der Waals surface area contributed by atoms with Crippen LogP contribution in [-0.4, -0.2) is 5.11 Å². The lowest BCUT2D eigenvalue weighted by atomic mass is 9.77. The van der Waals surface area contributed by atoms with Gasteiger partial charge in [0.25, 0.3) is 0 Å². The minimum atomic E-state index is -0.460. The van der Waals surface area contributed by atoms with E-state index in [0.717, 1.165) is 18.4 Å². The van der Waals surface area contributed by atoms with Crippen molar-refractivity contribution in [3.05, 3.63) is 35.6 Å². The van der Waals surface area contributed by atoms with E-state index in [1.54, 1.807) is 12.1 Å². The maximum atomic E-state index is 12.8. The van der Waals surface area contributed by atoms with Crippen LogP contribution in [0.25, 0.3) is 0 Å². The molecule has 1 aliphatic rings. The summed E-state index contributed by atoms with van der Waals surface area (Å²) in [6.45, 7) is 4.41. The van der Waals surface area contributed by atoms with Gasteiger partial charge in [-0.25, -0.2) is 4.39 Å². The van der Waals surface area contributed by atoms with Crippen LogP contribution < -0.4 is 0 Å². The minimum Gasteiger partial charge on any atom is -0.388 e. The van der Waals surface area contributed by atoms with E-state index in [1.165, 1.54) is 18.6 Å². The summed E-state index contributed by atoms with van der Waals surface area (Å²) >= 11 is 0. The van der Waals surface area contributed by atoms with Gasteiger partial charge in [0.2, 0.25) is 0 Å². The van der Waals surface area contributed by atoms with Gasteiger partial charge in [0.15, 0.2) is 0 Å². The van der Waals surface area contributed by atoms with Crippen LogP contribution in [0, 0.1) is 17.2 Å². The van der Waals surface area contributed by atoms with Gasteiger partial charge in [-0.3, -0.25) is 0 Å². The number of rotatable bonds is 2. The fraction of sp³-hybridized carbons (Fsp3) is 0.571. The fourth-order valence-electron chi connectivity index (χ4n) is 2.83. The number of halogens is 1. The number of hydrogen-bond acceptors (Lipinski definition) is 1. The van der Waals surface area contributed by atoms with Crippen LogP contribution >= 0.6 is 0 Å². The molecule has 1 N–H and O–H groups in total. The number of benzene rings is 1. The Morgan fingerprint density at radius 2 is 1.94 bits per heavy atom. The lowest BCUT2D eigenvalue weighted by Crippen LogP contribution is -2.24. The topological polar surface area (TPSA) is 20.2 Å². The Labute approximate surface area is 96.3 Å². The highest BCUT2D eigenvalue weighted by atomic mass is 19.1. The van der Waals surface area contributed by atoms with Crippen LogP contribution in [0.5, 0.6) is 0 Å². The summed E-state index contributed by atoms with van der Waals surface area (Å²) in [6, 6.07) is 6.21. The second-order valence-electron chi connectivity index (χ2n) is 5.48. The third-order valence-electron chi connectivity index (χ3n) is 3.93. The summed E-state index contributed by atoms with van der Waals surface area (Å²) in [5, 5.41) is 10.3. The predicted octanol–water partition coefficient (Wildman–Crippen LogP) is 3.69. The molecule has 0 spiro atoms. The van der Waals surface area contributed by atoms with Crippen LogP contribution in [0.2, 0.25) is 0 Å². The predicted molar refractivity (Wildman–Crippen MR) is 62.5 cm³/mol. The van der Waals surface area contributed by atoms with Gasteiger partial charge in [-0.05, 0) is 41.9 Å². The fourth-order valence-corrected chi connectivity index (χ4v) is 2.83. The Hall–Kier alpha value is -0.890. The Morgan fingerprint density at radius 1 is 1.31 bits per heavy atom. The van der Waals surface area contributed by atoms with E-state index < -0.39 is 6.10 Å². The molecule has 2 unspecified atom stereocenters. The SMILES string of the molecule is CC1(C)CCCC1C(O)c1ccc(F)cc1. The molecule has 0 aromatic heterocycles. The van der Waals surface area contributed by atoms with Gasteiger partial charge in [0.05, 0.1) is 6.10 Å². The lowest BCUT2D eigenvalue weighted by Gasteiger charge is -2.31. The van der Waals surface area contributed by atoms with Gasteiger partial charge >= 0.3 is 0 Å². The van der Waals surface area contributed by atoms with Gasteiger partial charge in [-0.2, -0.15) is 0 Å². The van der Waals surface area contributed by atoms with Crippen LogP contribution in [0.4, 0.5) is 4.39 Å². The first-order chi connectivity index (χ1) is 7.50. The molecule has 1 fully saturated rings. The van der Waals surface area contributed by atoms with Gasteiger partial charge in [0, 0.05) is 0 Å². The number of aliphatic hydroxyl groups is 1. The first kappa shape index (κ1) is 11.6. The van der Waals surface area contributed by atoms with Crippen LogP contribution in [0.1, 0.15) is 44.8 Å². The Bertz CT molecular complexity index is 356. The van der Waals surface area contributed by atoms with Gasteiger partial charge in [-0.15, -0.1) is 0 Å². The Morgan fingerprint density at radius 3 is 2.44 bits per heavy atom. The molecule has 1 aromatic carbocycles. The average Bonchev–Trinajstić information content (AvgIpc) is 2.58. The average molecular weight is 222 g/mol. The first-order valence-electron chi connectivity index (χ1n) is 5.94. The second-order valence-corrected chi connectivity index (χ2v) is 5.48. The minimum absolute atomic E-state index is 0.188. The molecule has 1 saturated carbocycles. The van der Waals surface area contributed by atoms with E-state index in [4.69, 9.17) is 0 Å². The van der Waals surface area contributed by atoms with E-state index in [9.17, 15) is 9.50 Å². The van der Waals surface area contributed by atoms with Crippen molar-refractivity contribution < 1.29 is 9.50 Å². The molecular formula is C14H19FO. The van der Waals surface area contributed by atoms with E-state index >= 15 is 0 Å². The largest absolute Gasteiger partial charge is 0.388 e. The van der Waals surface area contributed by atoms with E-state index in [-0.39, 0.29) is 17.2 Å². The smallest absolute Gasteiger partial charge is 0.123 e. The van der Waals surface area contributed by atoms with Crippen molar-refractivity contribution in [1.82, 2.24) is 0 Å². The van der Waals surface area contributed by atoms with Crippen molar-refractivity contribution >= 4 is 0 Å². The maximum absolute atomic E-state index is 12.8. The zero-order valence-corrected chi connectivity index (χ0v) is 9.91. The van der Waals surface area contributed by atoms with Crippen molar-refractivity contribution in [3.63, 3.8) is 0 Å². The normalized spacial score (nSPS) is 25.6. The maximum Gasteiger partial charge on any atom is 0.123 e. The van der Waals surface area contributed by atoms with Crippen molar-refractivity contribution in [3.8, 4) is 0 Å². The van der Waals surface area contributed by atoms with Crippen molar-refractivity contribution in [2.45, 2.75) is 39.2 Å². The number of hydrogen-bond donors (Lipinski definition) is 1. The molecule has 16 heavy (non-hydrogen) atoms. The third kappa shape index (κ3) is 2.12. The molecule has 1 aliphatic carbocycles. The zero-order chi connectivity index (χ0) is 11.8. The monoisotopic (exact) mass is 222 g/mol. The molecule has 2 heteroatoms. The highest BCUT2D eigenvalue weighted by molar-refractivity contribution is 5.20. The Kier molecular flexibility index (Phi) is 3.02. The molecule has 88 valence electrons. The molecule has 0 amide bonds. The molecule has 0 heterocycles. The molecule has 1 nitrogen and oxygen atoms in total. The second kappa shape index (κ2) is 4.17. The van der Waals surface area contributed by atoms with Gasteiger partial charge in [-0.1, -0.05) is 32.4 Å². The van der Waals surface area contributed by atoms with Crippen molar-refractivity contribution in [2.75, 3.05) is 0 Å². The zero-order valence-electron chi connectivity index (χ0n) is 9.91. The van der Waals surface area contributed by atoms with E-state index in [2.05, 4.69) is 13.8 Å².